The van der Waals surface area contributed by atoms with E-state index in [1.807, 2.05) is 6.92 Å². The number of hydrogen-bond donors (Lipinski definition) is 1. The average molecular weight is 509 g/mol. The number of amides is 3. The van der Waals surface area contributed by atoms with Crippen molar-refractivity contribution in [1.82, 2.24) is 0 Å². The van der Waals surface area contributed by atoms with Crippen LogP contribution in [-0.2, 0) is 19.1 Å². The molecule has 4 atom stereocenters. The molecule has 168 valence electrons. The van der Waals surface area contributed by atoms with Crippen LogP contribution in [0, 0.1) is 23.7 Å². The van der Waals surface area contributed by atoms with Crippen molar-refractivity contribution in [3.63, 3.8) is 0 Å². The van der Waals surface area contributed by atoms with Gasteiger partial charge in [-0.05, 0) is 67.6 Å². The molecule has 3 amide bonds. The Kier molecular flexibility index (Phi) is 5.40. The fourth-order valence-corrected chi connectivity index (χ4v) is 5.51. The molecule has 1 heterocycles. The second kappa shape index (κ2) is 8.26. The van der Waals surface area contributed by atoms with Gasteiger partial charge in [0.15, 0.2) is 6.61 Å². The van der Waals surface area contributed by atoms with Gasteiger partial charge in [0.05, 0.1) is 23.1 Å². The molecule has 0 unspecified atom stereocenters. The number of rotatable bonds is 5. The van der Waals surface area contributed by atoms with Crippen LogP contribution < -0.4 is 10.2 Å². The van der Waals surface area contributed by atoms with Crippen LogP contribution in [0.2, 0.25) is 0 Å². The van der Waals surface area contributed by atoms with Crippen molar-refractivity contribution in [1.29, 1.82) is 0 Å². The predicted molar refractivity (Wildman–Crippen MR) is 124 cm³/mol. The number of allylic oxidation sites excluding steroid dienone is 2. The second-order valence-corrected chi connectivity index (χ2v) is 9.58. The Morgan fingerprint density at radius 2 is 1.82 bits per heavy atom. The largest absolute Gasteiger partial charge is 0.452 e. The van der Waals surface area contributed by atoms with Gasteiger partial charge in [0.2, 0.25) is 11.8 Å². The zero-order chi connectivity index (χ0) is 23.3. The van der Waals surface area contributed by atoms with E-state index >= 15 is 0 Å². The van der Waals surface area contributed by atoms with E-state index in [2.05, 4.69) is 27.3 Å². The number of anilines is 2. The Morgan fingerprint density at radius 1 is 1.09 bits per heavy atom. The molecule has 3 aliphatic rings. The summed E-state index contributed by atoms with van der Waals surface area (Å²) in [5, 5.41) is 2.64. The monoisotopic (exact) mass is 508 g/mol. The molecule has 1 N–H and O–H groups in total. The van der Waals surface area contributed by atoms with E-state index in [0.29, 0.717) is 11.4 Å². The number of nitrogens with one attached hydrogen (secondary N) is 1. The quantitative estimate of drug-likeness (QED) is 0.375. The minimum Gasteiger partial charge on any atom is -0.452 e. The van der Waals surface area contributed by atoms with Gasteiger partial charge < -0.3 is 10.1 Å². The summed E-state index contributed by atoms with van der Waals surface area (Å²) in [5.74, 6) is -1.99. The Hall–Kier alpha value is -3.26. The van der Waals surface area contributed by atoms with Gasteiger partial charge in [0, 0.05) is 10.2 Å². The summed E-state index contributed by atoms with van der Waals surface area (Å²) in [7, 11) is 0. The Bertz CT molecular complexity index is 1210. The first-order valence-electron chi connectivity index (χ1n) is 10.7. The number of hydrogen-bond acceptors (Lipinski definition) is 5. The summed E-state index contributed by atoms with van der Waals surface area (Å²) in [6.07, 6.45) is 2.98. The highest BCUT2D eigenvalue weighted by atomic mass is 79.9. The van der Waals surface area contributed by atoms with Gasteiger partial charge in [0.1, 0.15) is 0 Å². The van der Waals surface area contributed by atoms with Crippen molar-refractivity contribution >= 4 is 51.0 Å². The van der Waals surface area contributed by atoms with Crippen molar-refractivity contribution in [3.05, 3.63) is 70.2 Å². The molecule has 8 heteroatoms. The third-order valence-electron chi connectivity index (χ3n) is 6.68. The third kappa shape index (κ3) is 3.78. The SMILES string of the molecule is CC1=C[C@H]2C[C@H]1[C@H]1C(=O)N(c3cccc(C(=O)OCC(=O)Nc4ccc(Br)cc4)c3)C(=O)[C@H]12. The van der Waals surface area contributed by atoms with Gasteiger partial charge in [0.25, 0.3) is 5.91 Å². The molecule has 0 spiro atoms. The topological polar surface area (TPSA) is 92.8 Å². The number of benzene rings is 2. The first-order valence-corrected chi connectivity index (χ1v) is 11.5. The van der Waals surface area contributed by atoms with Crippen LogP contribution in [0.1, 0.15) is 23.7 Å². The van der Waals surface area contributed by atoms with E-state index in [4.69, 9.17) is 4.74 Å². The molecule has 0 aromatic heterocycles. The molecule has 1 saturated heterocycles. The number of fused-ring (bicyclic) bond motifs is 5. The van der Waals surface area contributed by atoms with E-state index < -0.39 is 18.5 Å². The molecule has 2 aliphatic carbocycles. The highest BCUT2D eigenvalue weighted by Crippen LogP contribution is 2.55. The maximum atomic E-state index is 13.1. The van der Waals surface area contributed by atoms with Crippen LogP contribution in [0.5, 0.6) is 0 Å². The van der Waals surface area contributed by atoms with Gasteiger partial charge in [-0.2, -0.15) is 0 Å². The minimum atomic E-state index is -0.709. The lowest BCUT2D eigenvalue weighted by Gasteiger charge is -2.19. The van der Waals surface area contributed by atoms with Crippen LogP contribution >= 0.6 is 15.9 Å². The number of ether oxygens (including phenoxy) is 1. The molecule has 2 bridgehead atoms. The normalized spacial score (nSPS) is 25.2. The van der Waals surface area contributed by atoms with E-state index in [1.54, 1.807) is 36.4 Å². The lowest BCUT2D eigenvalue weighted by Crippen LogP contribution is -2.33. The van der Waals surface area contributed by atoms with E-state index in [9.17, 15) is 19.2 Å². The maximum Gasteiger partial charge on any atom is 0.338 e. The van der Waals surface area contributed by atoms with Crippen molar-refractivity contribution in [2.24, 2.45) is 23.7 Å². The van der Waals surface area contributed by atoms with Crippen molar-refractivity contribution in [3.8, 4) is 0 Å². The highest BCUT2D eigenvalue weighted by molar-refractivity contribution is 9.10. The van der Waals surface area contributed by atoms with Crippen LogP contribution in [0.25, 0.3) is 0 Å². The van der Waals surface area contributed by atoms with E-state index in [0.717, 1.165) is 10.9 Å². The highest BCUT2D eigenvalue weighted by Gasteiger charge is 2.60. The summed E-state index contributed by atoms with van der Waals surface area (Å²) < 4.78 is 6.01. The zero-order valence-electron chi connectivity index (χ0n) is 17.8. The minimum absolute atomic E-state index is 0.110. The smallest absolute Gasteiger partial charge is 0.338 e. The van der Waals surface area contributed by atoms with Crippen molar-refractivity contribution in [2.45, 2.75) is 13.3 Å². The molecule has 33 heavy (non-hydrogen) atoms. The molecule has 1 saturated carbocycles. The first kappa shape index (κ1) is 21.6. The van der Waals surface area contributed by atoms with Crippen molar-refractivity contribution < 1.29 is 23.9 Å². The summed E-state index contributed by atoms with van der Waals surface area (Å²) in [4.78, 5) is 52.0. The molecular formula is C25H21BrN2O5. The maximum absolute atomic E-state index is 13.1. The fraction of sp³-hybridized carbons (Fsp3) is 0.280. The summed E-state index contributed by atoms with van der Waals surface area (Å²) >= 11 is 3.32. The number of carbonyl (C=O) groups is 4. The van der Waals surface area contributed by atoms with Gasteiger partial charge in [-0.25, -0.2) is 9.69 Å². The number of esters is 1. The lowest BCUT2D eigenvalue weighted by atomic mass is 9.82. The molecule has 5 rings (SSSR count). The lowest BCUT2D eigenvalue weighted by molar-refractivity contribution is -0.123. The molecular weight excluding hydrogens is 488 g/mol. The van der Waals surface area contributed by atoms with Crippen LogP contribution in [0.3, 0.4) is 0 Å². The molecule has 7 nitrogen and oxygen atoms in total. The standard InChI is InChI=1S/C25H21BrN2O5/c1-13-9-15-11-19(13)22-21(15)23(30)28(24(22)31)18-4-2-3-14(10-18)25(32)33-12-20(29)27-17-7-5-16(26)6-8-17/h2-10,15,19,21-22H,11-12H2,1H3,(H,27,29)/t15-,19+,21-,22+/m0/s1. The zero-order valence-corrected chi connectivity index (χ0v) is 19.4. The Morgan fingerprint density at radius 3 is 2.58 bits per heavy atom. The van der Waals surface area contributed by atoms with Gasteiger partial charge in [-0.15, -0.1) is 0 Å². The summed E-state index contributed by atoms with van der Waals surface area (Å²) in [6, 6.07) is 13.2. The van der Waals surface area contributed by atoms with Crippen LogP contribution in [0.15, 0.2) is 64.7 Å². The third-order valence-corrected chi connectivity index (χ3v) is 7.21. The number of nitrogens with zero attached hydrogens (tertiary/aromatic N) is 1. The van der Waals surface area contributed by atoms with Gasteiger partial charge in [-0.1, -0.05) is 33.6 Å². The molecule has 2 fully saturated rings. The van der Waals surface area contributed by atoms with Crippen LogP contribution in [0.4, 0.5) is 11.4 Å². The number of carbonyl (C=O) groups excluding carboxylic acids is 4. The first-order chi connectivity index (χ1) is 15.8. The number of halogens is 1. The van der Waals surface area contributed by atoms with Gasteiger partial charge >= 0.3 is 5.97 Å². The fourth-order valence-electron chi connectivity index (χ4n) is 5.25. The Balaban J connectivity index is 1.25. The number of imide groups is 1. The van der Waals surface area contributed by atoms with Gasteiger partial charge in [-0.3, -0.25) is 14.4 Å². The molecule has 0 radical (unpaired) electrons. The summed E-state index contributed by atoms with van der Waals surface area (Å²) in [5.41, 5.74) is 2.28. The predicted octanol–water partition coefficient (Wildman–Crippen LogP) is 3.95. The molecule has 1 aliphatic heterocycles. The van der Waals surface area contributed by atoms with Crippen LogP contribution in [-0.4, -0.2) is 30.3 Å². The average Bonchev–Trinajstić information content (AvgIpc) is 3.44. The second-order valence-electron chi connectivity index (χ2n) is 8.66. The summed E-state index contributed by atoms with van der Waals surface area (Å²) in [6.45, 7) is 1.56. The van der Waals surface area contributed by atoms with Crippen molar-refractivity contribution in [2.75, 3.05) is 16.8 Å². The molecule has 2 aromatic rings. The Labute approximate surface area is 198 Å². The molecule has 2 aromatic carbocycles. The van der Waals surface area contributed by atoms with E-state index in [1.165, 1.54) is 22.6 Å². The van der Waals surface area contributed by atoms with E-state index in [-0.39, 0.29) is 41.0 Å².